The van der Waals surface area contributed by atoms with Crippen LogP contribution in [0.4, 0.5) is 0 Å². The van der Waals surface area contributed by atoms with Gasteiger partial charge in [-0.3, -0.25) is 6.08 Å². The van der Waals surface area contributed by atoms with Gasteiger partial charge < -0.3 is 29.4 Å². The molecule has 1 heterocycles. The average molecular weight is 306 g/mol. The number of hydrogen-bond acceptors (Lipinski definition) is 0. The van der Waals surface area contributed by atoms with Crippen LogP contribution in [0.2, 0.25) is 0 Å². The van der Waals surface area contributed by atoms with Crippen LogP contribution in [0.1, 0.15) is 23.2 Å². The normalized spacial score (nSPS) is 10.6. The maximum Gasteiger partial charge on any atom is 4.00 e. The van der Waals surface area contributed by atoms with Crippen molar-refractivity contribution in [1.29, 1.82) is 0 Å². The van der Waals surface area contributed by atoms with Crippen LogP contribution in [0, 0.1) is 33.0 Å². The van der Waals surface area contributed by atoms with Crippen molar-refractivity contribution in [2.45, 2.75) is 27.2 Å². The van der Waals surface area contributed by atoms with Gasteiger partial charge in [-0.2, -0.15) is 17.2 Å². The molecule has 4 heteroatoms. The van der Waals surface area contributed by atoms with Crippen LogP contribution in [0.3, 0.4) is 0 Å². The van der Waals surface area contributed by atoms with E-state index in [2.05, 4.69) is 39.1 Å². The molecule has 0 spiro atoms. The summed E-state index contributed by atoms with van der Waals surface area (Å²) >= 11 is 0. The molecule has 0 saturated carbocycles. The molecule has 0 bridgehead atoms. The van der Waals surface area contributed by atoms with Crippen molar-refractivity contribution in [1.82, 2.24) is 4.57 Å². The fourth-order valence-electron chi connectivity index (χ4n) is 1.28. The van der Waals surface area contributed by atoms with Gasteiger partial charge in [0.05, 0.1) is 0 Å². The van der Waals surface area contributed by atoms with Crippen LogP contribution in [-0.4, -0.2) is 4.57 Å². The molecule has 1 aliphatic carbocycles. The quantitative estimate of drug-likeness (QED) is 0.357. The summed E-state index contributed by atoms with van der Waals surface area (Å²) in [5.41, 5.74) is 3.93. The Balaban J connectivity index is -0.000000216. The number of allylic oxidation sites excluding steroid dienone is 4. The first kappa shape index (κ1) is 22.3. The fourth-order valence-corrected chi connectivity index (χ4v) is 1.28. The van der Waals surface area contributed by atoms with Crippen LogP contribution in [-0.2, 0) is 28.8 Å². The number of aryl methyl sites for hydroxylation is 2. The van der Waals surface area contributed by atoms with Crippen molar-refractivity contribution in [3.8, 4) is 0 Å². The smallest absolute Gasteiger partial charge is 1.00 e. The van der Waals surface area contributed by atoms with Crippen molar-refractivity contribution in [3.63, 3.8) is 0 Å². The summed E-state index contributed by atoms with van der Waals surface area (Å²) in [4.78, 5) is 0. The Morgan fingerprint density at radius 1 is 1.18 bits per heavy atom. The van der Waals surface area contributed by atoms with E-state index in [-0.39, 0.29) is 46.5 Å². The second-order valence-corrected chi connectivity index (χ2v) is 3.51. The number of rotatable bonds is 0. The molecule has 1 nitrogen and oxygen atoms in total. The Bertz CT molecular complexity index is 335. The third-order valence-electron chi connectivity index (χ3n) is 2.53. The average Bonchev–Trinajstić information content (AvgIpc) is 2.78. The van der Waals surface area contributed by atoms with E-state index in [4.69, 9.17) is 0 Å². The van der Waals surface area contributed by atoms with Crippen LogP contribution in [0.5, 0.6) is 0 Å². The molecule has 0 unspecified atom stereocenters. The molecule has 92 valence electrons. The van der Waals surface area contributed by atoms with E-state index in [0.717, 1.165) is 6.42 Å². The van der Waals surface area contributed by atoms with Crippen LogP contribution in [0.25, 0.3) is 0 Å². The third kappa shape index (κ3) is 7.15. The first-order chi connectivity index (χ1) is 6.63. The summed E-state index contributed by atoms with van der Waals surface area (Å²) in [6.45, 7) is 6.32. The Hall–Kier alpha value is 0.0543. The second-order valence-electron chi connectivity index (χ2n) is 3.51. The molecule has 0 aromatic carbocycles. The summed E-state index contributed by atoms with van der Waals surface area (Å²) in [6, 6.07) is 0. The molecule has 17 heavy (non-hydrogen) atoms. The van der Waals surface area contributed by atoms with Crippen LogP contribution >= 0.6 is 0 Å². The van der Waals surface area contributed by atoms with E-state index in [0.29, 0.717) is 0 Å². The van der Waals surface area contributed by atoms with Gasteiger partial charge >= 0.3 is 21.7 Å². The summed E-state index contributed by atoms with van der Waals surface area (Å²) in [5, 5.41) is 0. The second kappa shape index (κ2) is 11.2. The van der Waals surface area contributed by atoms with E-state index in [1.807, 2.05) is 23.8 Å². The van der Waals surface area contributed by atoms with E-state index < -0.39 is 0 Å². The van der Waals surface area contributed by atoms with Gasteiger partial charge in [0, 0.05) is 0 Å². The topological polar surface area (TPSA) is 4.93 Å². The van der Waals surface area contributed by atoms with Crippen molar-refractivity contribution >= 4 is 0 Å². The standard InChI is InChI=1S/C8H12N.C5H5.2ClH.Ti/c1-6-5-9(4)8(3)7(6)2;1-2-4-5-3-1;;;/h1-4H3;1-3H,4H2;2*1H;/q2*-1;;;+4/p-2. The number of halogens is 2. The summed E-state index contributed by atoms with van der Waals surface area (Å²) in [7, 11) is 2.02. The van der Waals surface area contributed by atoms with Crippen LogP contribution < -0.4 is 24.8 Å². The maximum atomic E-state index is 3.19. The Kier molecular flexibility index (Phi) is 14.6. The molecule has 1 aromatic heterocycles. The molecular weight excluding hydrogens is 289 g/mol. The first-order valence-corrected chi connectivity index (χ1v) is 4.86. The predicted octanol–water partition coefficient (Wildman–Crippen LogP) is -2.94. The molecule has 0 radical (unpaired) electrons. The molecule has 2 rings (SSSR count). The molecule has 0 N–H and O–H groups in total. The van der Waals surface area contributed by atoms with Crippen molar-refractivity contribution < 1.29 is 46.5 Å². The van der Waals surface area contributed by atoms with Gasteiger partial charge in [0.25, 0.3) is 0 Å². The van der Waals surface area contributed by atoms with E-state index in [1.54, 1.807) is 0 Å². The van der Waals surface area contributed by atoms with Crippen molar-refractivity contribution in [3.05, 3.63) is 47.3 Å². The first-order valence-electron chi connectivity index (χ1n) is 4.86. The molecular formula is C13H17Cl2NTi. The number of aromatic nitrogens is 1. The zero-order valence-electron chi connectivity index (χ0n) is 10.6. The predicted molar refractivity (Wildman–Crippen MR) is 60.0 cm³/mol. The SMILES string of the molecule is Cc1[c-]n(C)c(C)c1C.[C-]1=CC=CC1.[Cl-].[Cl-].[Ti+4]. The van der Waals surface area contributed by atoms with Gasteiger partial charge in [0.2, 0.25) is 0 Å². The zero-order chi connectivity index (χ0) is 10.6. The minimum absolute atomic E-state index is 0. The van der Waals surface area contributed by atoms with E-state index in [1.165, 1.54) is 16.8 Å². The van der Waals surface area contributed by atoms with Crippen LogP contribution in [0.15, 0.2) is 18.2 Å². The Morgan fingerprint density at radius 2 is 1.76 bits per heavy atom. The molecule has 1 aromatic rings. The van der Waals surface area contributed by atoms with Crippen molar-refractivity contribution in [2.75, 3.05) is 0 Å². The summed E-state index contributed by atoms with van der Waals surface area (Å²) in [5.74, 6) is 0. The molecule has 1 aliphatic rings. The van der Waals surface area contributed by atoms with Gasteiger partial charge in [0.1, 0.15) is 0 Å². The minimum Gasteiger partial charge on any atom is -1.00 e. The molecule has 0 aliphatic heterocycles. The fraction of sp³-hybridized carbons (Fsp3) is 0.385. The van der Waals surface area contributed by atoms with E-state index >= 15 is 0 Å². The van der Waals surface area contributed by atoms with Gasteiger partial charge in [-0.25, -0.2) is 12.2 Å². The minimum atomic E-state index is 0. The van der Waals surface area contributed by atoms with Gasteiger partial charge in [-0.15, -0.1) is 18.3 Å². The summed E-state index contributed by atoms with van der Waals surface area (Å²) < 4.78 is 2.03. The molecule has 0 saturated heterocycles. The monoisotopic (exact) mass is 305 g/mol. The maximum absolute atomic E-state index is 3.19. The zero-order valence-corrected chi connectivity index (χ0v) is 13.7. The van der Waals surface area contributed by atoms with Gasteiger partial charge in [0.15, 0.2) is 0 Å². The third-order valence-corrected chi connectivity index (χ3v) is 2.53. The van der Waals surface area contributed by atoms with Crippen molar-refractivity contribution in [2.24, 2.45) is 7.05 Å². The summed E-state index contributed by atoms with van der Waals surface area (Å²) in [6.07, 6.45) is 13.2. The molecule has 0 atom stereocenters. The van der Waals surface area contributed by atoms with Gasteiger partial charge in [-0.1, -0.05) is 20.8 Å². The number of hydrogen-bond donors (Lipinski definition) is 0. The number of nitrogens with zero attached hydrogens (tertiary/aromatic N) is 1. The Morgan fingerprint density at radius 3 is 1.88 bits per heavy atom. The van der Waals surface area contributed by atoms with Gasteiger partial charge in [-0.05, 0) is 7.05 Å². The largest absolute Gasteiger partial charge is 4.00 e. The van der Waals surface area contributed by atoms with E-state index in [9.17, 15) is 0 Å². The Labute approximate surface area is 132 Å². The molecule has 0 fully saturated rings. The molecule has 0 amide bonds.